The lowest BCUT2D eigenvalue weighted by Crippen LogP contribution is -2.20. The predicted molar refractivity (Wildman–Crippen MR) is 59.4 cm³/mol. The van der Waals surface area contributed by atoms with Gasteiger partial charge in [0.2, 0.25) is 5.91 Å². The third-order valence-electron chi connectivity index (χ3n) is 1.72. The van der Waals surface area contributed by atoms with Crippen LogP contribution in [0.4, 0.5) is 0 Å². The van der Waals surface area contributed by atoms with Crippen LogP contribution < -0.4 is 11.5 Å². The molecule has 1 aromatic carbocycles. The Kier molecular flexibility index (Phi) is 5.53. The van der Waals surface area contributed by atoms with Crippen molar-refractivity contribution in [1.82, 2.24) is 0 Å². The van der Waals surface area contributed by atoms with E-state index >= 15 is 0 Å². The molecule has 3 nitrogen and oxygen atoms in total. The van der Waals surface area contributed by atoms with Gasteiger partial charge < -0.3 is 11.5 Å². The third-order valence-corrected chi connectivity index (χ3v) is 1.97. The average Bonchev–Trinajstić information content (AvgIpc) is 2.04. The van der Waals surface area contributed by atoms with Gasteiger partial charge in [0.1, 0.15) is 0 Å². The van der Waals surface area contributed by atoms with E-state index in [0.29, 0.717) is 5.02 Å². The van der Waals surface area contributed by atoms with Gasteiger partial charge in [-0.05, 0) is 17.7 Å². The highest BCUT2D eigenvalue weighted by molar-refractivity contribution is 6.30. The van der Waals surface area contributed by atoms with E-state index in [1.54, 1.807) is 24.3 Å². The van der Waals surface area contributed by atoms with Gasteiger partial charge in [0, 0.05) is 17.5 Å². The van der Waals surface area contributed by atoms with E-state index < -0.39 is 5.91 Å². The Labute approximate surface area is 93.8 Å². The third kappa shape index (κ3) is 3.96. The lowest BCUT2D eigenvalue weighted by atomic mass is 10.1. The number of carbonyl (C=O) groups excluding carboxylic acids is 1. The normalized spacial score (nSPS) is 11.6. The molecule has 1 rings (SSSR count). The smallest absolute Gasteiger partial charge is 0.219 e. The largest absolute Gasteiger partial charge is 0.370 e. The number of rotatable bonds is 3. The number of amides is 1. The van der Waals surface area contributed by atoms with Gasteiger partial charge in [-0.1, -0.05) is 23.7 Å². The van der Waals surface area contributed by atoms with Crippen molar-refractivity contribution in [1.29, 1.82) is 0 Å². The quantitative estimate of drug-likeness (QED) is 0.835. The molecule has 78 valence electrons. The summed E-state index contributed by atoms with van der Waals surface area (Å²) in [5.41, 5.74) is 11.6. The number of primary amides is 1. The Morgan fingerprint density at radius 2 is 1.86 bits per heavy atom. The number of hydrogen-bond acceptors (Lipinski definition) is 2. The van der Waals surface area contributed by atoms with E-state index in [1.165, 1.54) is 0 Å². The molecule has 0 fully saturated rings. The van der Waals surface area contributed by atoms with Gasteiger partial charge in [-0.25, -0.2) is 0 Å². The van der Waals surface area contributed by atoms with Crippen LogP contribution in [0.2, 0.25) is 5.02 Å². The highest BCUT2D eigenvalue weighted by atomic mass is 35.5. The second-order valence-corrected chi connectivity index (χ2v) is 3.26. The van der Waals surface area contributed by atoms with Gasteiger partial charge in [0.05, 0.1) is 0 Å². The Morgan fingerprint density at radius 3 is 2.29 bits per heavy atom. The summed E-state index contributed by atoms with van der Waals surface area (Å²) in [5, 5.41) is 0.648. The minimum atomic E-state index is -0.401. The Balaban J connectivity index is 0.00000169. The lowest BCUT2D eigenvalue weighted by Gasteiger charge is -2.09. The van der Waals surface area contributed by atoms with Crippen molar-refractivity contribution >= 4 is 29.9 Å². The molecule has 0 aliphatic heterocycles. The summed E-state index contributed by atoms with van der Waals surface area (Å²) < 4.78 is 0. The summed E-state index contributed by atoms with van der Waals surface area (Å²) in [6, 6.07) is 6.70. The van der Waals surface area contributed by atoms with Crippen molar-refractivity contribution in [2.24, 2.45) is 11.5 Å². The number of carbonyl (C=O) groups is 1. The van der Waals surface area contributed by atoms with Gasteiger partial charge >= 0.3 is 0 Å². The summed E-state index contributed by atoms with van der Waals surface area (Å²) >= 11 is 5.69. The Hall–Kier alpha value is -0.770. The first-order valence-corrected chi connectivity index (χ1v) is 4.26. The molecule has 0 radical (unpaired) electrons. The SMILES string of the molecule is Cl.NC(=O)CC(N)c1ccc(Cl)cc1. The van der Waals surface area contributed by atoms with E-state index in [9.17, 15) is 4.79 Å². The fourth-order valence-electron chi connectivity index (χ4n) is 1.04. The fraction of sp³-hybridized carbons (Fsp3) is 0.222. The molecule has 0 aliphatic rings. The van der Waals surface area contributed by atoms with E-state index in [-0.39, 0.29) is 24.9 Å². The molecule has 1 aromatic rings. The zero-order valence-corrected chi connectivity index (χ0v) is 9.02. The number of halogens is 2. The molecular weight excluding hydrogens is 223 g/mol. The molecule has 0 aromatic heterocycles. The van der Waals surface area contributed by atoms with Crippen LogP contribution in [0.3, 0.4) is 0 Å². The van der Waals surface area contributed by atoms with Crippen molar-refractivity contribution in [3.8, 4) is 0 Å². The van der Waals surface area contributed by atoms with E-state index in [4.69, 9.17) is 23.1 Å². The Bertz CT molecular complexity index is 300. The minimum Gasteiger partial charge on any atom is -0.370 e. The molecule has 1 atom stereocenters. The molecule has 5 heteroatoms. The van der Waals surface area contributed by atoms with Gasteiger partial charge in [-0.2, -0.15) is 0 Å². The highest BCUT2D eigenvalue weighted by Crippen LogP contribution is 2.16. The zero-order chi connectivity index (χ0) is 9.84. The summed E-state index contributed by atoms with van der Waals surface area (Å²) in [6.07, 6.45) is 0.154. The summed E-state index contributed by atoms with van der Waals surface area (Å²) in [4.78, 5) is 10.6. The van der Waals surface area contributed by atoms with Crippen molar-refractivity contribution in [3.05, 3.63) is 34.9 Å². The van der Waals surface area contributed by atoms with Crippen LogP contribution in [0.15, 0.2) is 24.3 Å². The molecular formula is C9H12Cl2N2O. The average molecular weight is 235 g/mol. The van der Waals surface area contributed by atoms with Crippen LogP contribution >= 0.6 is 24.0 Å². The van der Waals surface area contributed by atoms with E-state index in [0.717, 1.165) is 5.56 Å². The van der Waals surface area contributed by atoms with Crippen LogP contribution in [0.5, 0.6) is 0 Å². The first-order chi connectivity index (χ1) is 6.09. The van der Waals surface area contributed by atoms with Gasteiger partial charge in [-0.3, -0.25) is 4.79 Å². The fourth-order valence-corrected chi connectivity index (χ4v) is 1.17. The van der Waals surface area contributed by atoms with Crippen LogP contribution in [0.25, 0.3) is 0 Å². The molecule has 0 spiro atoms. The maximum atomic E-state index is 10.6. The maximum absolute atomic E-state index is 10.6. The molecule has 0 heterocycles. The monoisotopic (exact) mass is 234 g/mol. The minimum absolute atomic E-state index is 0. The maximum Gasteiger partial charge on any atom is 0.219 e. The van der Waals surface area contributed by atoms with Crippen molar-refractivity contribution in [3.63, 3.8) is 0 Å². The first-order valence-electron chi connectivity index (χ1n) is 3.89. The van der Waals surface area contributed by atoms with Crippen molar-refractivity contribution < 1.29 is 4.79 Å². The van der Waals surface area contributed by atoms with Gasteiger partial charge in [0.25, 0.3) is 0 Å². The number of hydrogen-bond donors (Lipinski definition) is 2. The van der Waals surface area contributed by atoms with Crippen molar-refractivity contribution in [2.75, 3.05) is 0 Å². The topological polar surface area (TPSA) is 69.1 Å². The predicted octanol–water partition coefficient (Wildman–Crippen LogP) is 1.64. The number of nitrogens with two attached hydrogens (primary N) is 2. The Morgan fingerprint density at radius 1 is 1.36 bits per heavy atom. The molecule has 4 N–H and O–H groups in total. The van der Waals surface area contributed by atoms with Crippen LogP contribution in [0.1, 0.15) is 18.0 Å². The molecule has 0 bridgehead atoms. The van der Waals surface area contributed by atoms with Crippen LogP contribution in [-0.2, 0) is 4.79 Å². The van der Waals surface area contributed by atoms with Crippen molar-refractivity contribution in [2.45, 2.75) is 12.5 Å². The van der Waals surface area contributed by atoms with E-state index in [2.05, 4.69) is 0 Å². The highest BCUT2D eigenvalue weighted by Gasteiger charge is 2.08. The molecule has 0 aliphatic carbocycles. The van der Waals surface area contributed by atoms with Crippen LogP contribution in [-0.4, -0.2) is 5.91 Å². The van der Waals surface area contributed by atoms with E-state index in [1.807, 2.05) is 0 Å². The molecule has 1 unspecified atom stereocenters. The second-order valence-electron chi connectivity index (χ2n) is 2.83. The molecule has 1 amide bonds. The van der Waals surface area contributed by atoms with Gasteiger partial charge in [0.15, 0.2) is 0 Å². The lowest BCUT2D eigenvalue weighted by molar-refractivity contribution is -0.118. The summed E-state index contributed by atoms with van der Waals surface area (Å²) in [6.45, 7) is 0. The summed E-state index contributed by atoms with van der Waals surface area (Å²) in [7, 11) is 0. The van der Waals surface area contributed by atoms with Crippen LogP contribution in [0, 0.1) is 0 Å². The number of benzene rings is 1. The summed E-state index contributed by atoms with van der Waals surface area (Å²) in [5.74, 6) is -0.401. The second kappa shape index (κ2) is 5.86. The zero-order valence-electron chi connectivity index (χ0n) is 7.44. The van der Waals surface area contributed by atoms with Gasteiger partial charge in [-0.15, -0.1) is 12.4 Å². The molecule has 0 saturated carbocycles. The molecule has 14 heavy (non-hydrogen) atoms. The standard InChI is InChI=1S/C9H11ClN2O.ClH/c10-7-3-1-6(2-4-7)8(11)5-9(12)13;/h1-4,8H,5,11H2,(H2,12,13);1H. The first kappa shape index (κ1) is 13.2. The molecule has 0 saturated heterocycles.